The summed E-state index contributed by atoms with van der Waals surface area (Å²) in [5, 5.41) is 3.52. The Morgan fingerprint density at radius 3 is 2.89 bits per heavy atom. The Bertz CT molecular complexity index is 462. The molecular formula is C15H21N3. The zero-order valence-electron chi connectivity index (χ0n) is 11.1. The molecule has 0 fully saturated rings. The van der Waals surface area contributed by atoms with Crippen LogP contribution in [0.1, 0.15) is 37.7 Å². The van der Waals surface area contributed by atoms with E-state index in [2.05, 4.69) is 53.1 Å². The molecule has 0 saturated carbocycles. The van der Waals surface area contributed by atoms with Crippen molar-refractivity contribution in [2.45, 2.75) is 39.4 Å². The van der Waals surface area contributed by atoms with Gasteiger partial charge in [0.15, 0.2) is 0 Å². The number of pyridine rings is 1. The Hall–Kier alpha value is -1.61. The van der Waals surface area contributed by atoms with Gasteiger partial charge in [-0.2, -0.15) is 0 Å². The molecule has 0 aromatic carbocycles. The highest BCUT2D eigenvalue weighted by atomic mass is 15.0. The Balaban J connectivity index is 1.93. The standard InChI is InChI=1S/C15H21N3/c1-3-10-18-11-6-7-14(18)12-17-13(2)15-8-4-5-9-16-15/h4-9,11,13,17H,3,10,12H2,1-2H3. The largest absolute Gasteiger partial charge is 0.350 e. The summed E-state index contributed by atoms with van der Waals surface area (Å²) in [5.74, 6) is 0. The van der Waals surface area contributed by atoms with Crippen LogP contribution in [0.5, 0.6) is 0 Å². The van der Waals surface area contributed by atoms with Gasteiger partial charge in [0, 0.05) is 37.2 Å². The molecular weight excluding hydrogens is 222 g/mol. The van der Waals surface area contributed by atoms with Gasteiger partial charge < -0.3 is 9.88 Å². The molecule has 2 aromatic heterocycles. The van der Waals surface area contributed by atoms with E-state index in [9.17, 15) is 0 Å². The molecule has 0 radical (unpaired) electrons. The fraction of sp³-hybridized carbons (Fsp3) is 0.400. The number of nitrogens with one attached hydrogen (secondary N) is 1. The molecule has 0 spiro atoms. The molecule has 2 aromatic rings. The van der Waals surface area contributed by atoms with Crippen LogP contribution < -0.4 is 5.32 Å². The van der Waals surface area contributed by atoms with E-state index in [0.717, 1.165) is 25.2 Å². The molecule has 3 heteroatoms. The average Bonchev–Trinajstić information content (AvgIpc) is 2.85. The first kappa shape index (κ1) is 12.8. The first-order valence-corrected chi connectivity index (χ1v) is 6.59. The molecule has 0 bridgehead atoms. The second-order valence-electron chi connectivity index (χ2n) is 4.55. The Morgan fingerprint density at radius 1 is 1.28 bits per heavy atom. The van der Waals surface area contributed by atoms with E-state index in [-0.39, 0.29) is 6.04 Å². The number of rotatable bonds is 6. The Morgan fingerprint density at radius 2 is 2.17 bits per heavy atom. The first-order chi connectivity index (χ1) is 8.81. The topological polar surface area (TPSA) is 29.9 Å². The molecule has 0 aliphatic carbocycles. The van der Waals surface area contributed by atoms with Crippen LogP contribution in [0.4, 0.5) is 0 Å². The van der Waals surface area contributed by atoms with Crippen LogP contribution in [0.25, 0.3) is 0 Å². The van der Waals surface area contributed by atoms with E-state index in [4.69, 9.17) is 0 Å². The van der Waals surface area contributed by atoms with Gasteiger partial charge in [-0.05, 0) is 37.6 Å². The second kappa shape index (κ2) is 6.36. The lowest BCUT2D eigenvalue weighted by molar-refractivity contribution is 0.533. The average molecular weight is 243 g/mol. The molecule has 2 heterocycles. The van der Waals surface area contributed by atoms with Gasteiger partial charge in [-0.25, -0.2) is 0 Å². The van der Waals surface area contributed by atoms with Crippen LogP contribution in [0, 0.1) is 0 Å². The summed E-state index contributed by atoms with van der Waals surface area (Å²) in [6.07, 6.45) is 5.15. The van der Waals surface area contributed by atoms with Gasteiger partial charge in [-0.15, -0.1) is 0 Å². The van der Waals surface area contributed by atoms with Crippen molar-refractivity contribution in [2.24, 2.45) is 0 Å². The third kappa shape index (κ3) is 3.20. The van der Waals surface area contributed by atoms with E-state index in [1.54, 1.807) is 0 Å². The van der Waals surface area contributed by atoms with Crippen molar-refractivity contribution in [3.05, 3.63) is 54.1 Å². The van der Waals surface area contributed by atoms with Crippen molar-refractivity contribution in [3.8, 4) is 0 Å². The summed E-state index contributed by atoms with van der Waals surface area (Å²) in [6, 6.07) is 10.6. The summed E-state index contributed by atoms with van der Waals surface area (Å²) in [7, 11) is 0. The predicted octanol–water partition coefficient (Wildman–Crippen LogP) is 3.14. The maximum absolute atomic E-state index is 4.37. The van der Waals surface area contributed by atoms with Crippen molar-refractivity contribution in [1.82, 2.24) is 14.9 Å². The van der Waals surface area contributed by atoms with E-state index in [0.29, 0.717) is 0 Å². The van der Waals surface area contributed by atoms with Gasteiger partial charge >= 0.3 is 0 Å². The summed E-state index contributed by atoms with van der Waals surface area (Å²) < 4.78 is 2.30. The van der Waals surface area contributed by atoms with Crippen LogP contribution in [0.2, 0.25) is 0 Å². The van der Waals surface area contributed by atoms with Crippen LogP contribution in [0.15, 0.2) is 42.7 Å². The Kier molecular flexibility index (Phi) is 4.53. The highest BCUT2D eigenvalue weighted by Crippen LogP contribution is 2.10. The van der Waals surface area contributed by atoms with Crippen molar-refractivity contribution >= 4 is 0 Å². The fourth-order valence-electron chi connectivity index (χ4n) is 2.06. The Labute approximate surface area is 109 Å². The molecule has 0 saturated heterocycles. The maximum Gasteiger partial charge on any atom is 0.0570 e. The van der Waals surface area contributed by atoms with Gasteiger partial charge in [0.1, 0.15) is 0 Å². The summed E-state index contributed by atoms with van der Waals surface area (Å²) in [5.41, 5.74) is 2.42. The quantitative estimate of drug-likeness (QED) is 0.844. The maximum atomic E-state index is 4.37. The third-order valence-electron chi connectivity index (χ3n) is 3.11. The van der Waals surface area contributed by atoms with Crippen LogP contribution in [-0.4, -0.2) is 9.55 Å². The van der Waals surface area contributed by atoms with Crippen LogP contribution >= 0.6 is 0 Å². The SMILES string of the molecule is CCCn1cccc1CNC(C)c1ccccn1. The van der Waals surface area contributed by atoms with E-state index >= 15 is 0 Å². The molecule has 1 unspecified atom stereocenters. The lowest BCUT2D eigenvalue weighted by atomic mass is 10.2. The summed E-state index contributed by atoms with van der Waals surface area (Å²) in [4.78, 5) is 4.37. The highest BCUT2D eigenvalue weighted by molar-refractivity contribution is 5.10. The zero-order valence-corrected chi connectivity index (χ0v) is 11.1. The molecule has 18 heavy (non-hydrogen) atoms. The van der Waals surface area contributed by atoms with Crippen molar-refractivity contribution < 1.29 is 0 Å². The molecule has 3 nitrogen and oxygen atoms in total. The molecule has 0 amide bonds. The van der Waals surface area contributed by atoms with Crippen molar-refractivity contribution in [1.29, 1.82) is 0 Å². The lowest BCUT2D eigenvalue weighted by Gasteiger charge is -2.14. The normalized spacial score (nSPS) is 12.6. The van der Waals surface area contributed by atoms with E-state index in [1.807, 2.05) is 18.3 Å². The number of aryl methyl sites for hydroxylation is 1. The number of nitrogens with zero attached hydrogens (tertiary/aromatic N) is 2. The second-order valence-corrected chi connectivity index (χ2v) is 4.55. The smallest absolute Gasteiger partial charge is 0.0570 e. The van der Waals surface area contributed by atoms with Gasteiger partial charge in [-0.3, -0.25) is 4.98 Å². The summed E-state index contributed by atoms with van der Waals surface area (Å²) >= 11 is 0. The van der Waals surface area contributed by atoms with E-state index < -0.39 is 0 Å². The lowest BCUT2D eigenvalue weighted by Crippen LogP contribution is -2.20. The zero-order chi connectivity index (χ0) is 12.8. The van der Waals surface area contributed by atoms with Gasteiger partial charge in [-0.1, -0.05) is 13.0 Å². The van der Waals surface area contributed by atoms with Crippen LogP contribution in [0.3, 0.4) is 0 Å². The predicted molar refractivity (Wildman–Crippen MR) is 74.2 cm³/mol. The van der Waals surface area contributed by atoms with Crippen molar-refractivity contribution in [3.63, 3.8) is 0 Å². The number of aromatic nitrogens is 2. The van der Waals surface area contributed by atoms with Crippen molar-refractivity contribution in [2.75, 3.05) is 0 Å². The van der Waals surface area contributed by atoms with Crippen LogP contribution in [-0.2, 0) is 13.1 Å². The van der Waals surface area contributed by atoms with Gasteiger partial charge in [0.25, 0.3) is 0 Å². The minimum atomic E-state index is 0.274. The molecule has 1 N–H and O–H groups in total. The van der Waals surface area contributed by atoms with Gasteiger partial charge in [0.2, 0.25) is 0 Å². The molecule has 2 rings (SSSR count). The molecule has 0 aliphatic rings. The molecule has 96 valence electrons. The van der Waals surface area contributed by atoms with E-state index in [1.165, 1.54) is 5.69 Å². The molecule has 0 aliphatic heterocycles. The monoisotopic (exact) mass is 243 g/mol. The number of hydrogen-bond acceptors (Lipinski definition) is 2. The first-order valence-electron chi connectivity index (χ1n) is 6.59. The third-order valence-corrected chi connectivity index (χ3v) is 3.11. The minimum absolute atomic E-state index is 0.274. The molecule has 1 atom stereocenters. The summed E-state index contributed by atoms with van der Waals surface area (Å²) in [6.45, 7) is 6.32. The fourth-order valence-corrected chi connectivity index (χ4v) is 2.06. The minimum Gasteiger partial charge on any atom is -0.350 e. The van der Waals surface area contributed by atoms with Gasteiger partial charge in [0.05, 0.1) is 5.69 Å². The highest BCUT2D eigenvalue weighted by Gasteiger charge is 2.06. The number of hydrogen-bond donors (Lipinski definition) is 1.